The Morgan fingerprint density at radius 1 is 1.17 bits per heavy atom. The van der Waals surface area contributed by atoms with Crippen LogP contribution in [0.25, 0.3) is 10.9 Å². The minimum absolute atomic E-state index is 0.0660. The van der Waals surface area contributed by atoms with Gasteiger partial charge in [-0.25, -0.2) is 8.78 Å². The van der Waals surface area contributed by atoms with E-state index in [1.54, 1.807) is 6.92 Å². The molecular formula is C17H13F2N3O2. The van der Waals surface area contributed by atoms with Gasteiger partial charge in [-0.1, -0.05) is 6.07 Å². The lowest BCUT2D eigenvalue weighted by Gasteiger charge is -2.10. The van der Waals surface area contributed by atoms with Gasteiger partial charge in [-0.15, -0.1) is 0 Å². The van der Waals surface area contributed by atoms with Gasteiger partial charge in [-0.2, -0.15) is 5.10 Å². The van der Waals surface area contributed by atoms with Crippen molar-refractivity contribution in [1.82, 2.24) is 9.78 Å². The topological polar surface area (TPSA) is 64.0 Å². The van der Waals surface area contributed by atoms with Crippen molar-refractivity contribution in [2.75, 3.05) is 5.32 Å². The zero-order chi connectivity index (χ0) is 17.3. The number of fused-ring (bicyclic) bond motifs is 1. The Hall–Kier alpha value is -3.09. The maximum absolute atomic E-state index is 13.5. The van der Waals surface area contributed by atoms with Gasteiger partial charge in [0, 0.05) is 12.2 Å². The second-order valence-electron chi connectivity index (χ2n) is 5.12. The van der Waals surface area contributed by atoms with Crippen LogP contribution in [0.2, 0.25) is 0 Å². The number of carbonyl (C=O) groups excluding carboxylic acids is 1. The molecule has 0 aliphatic heterocycles. The third-order valence-electron chi connectivity index (χ3n) is 3.51. The number of halogens is 2. The fraction of sp³-hybridized carbons (Fsp3) is 0.118. The van der Waals surface area contributed by atoms with Gasteiger partial charge in [-0.3, -0.25) is 14.3 Å². The van der Waals surface area contributed by atoms with Crippen LogP contribution in [-0.2, 0) is 6.54 Å². The number of aromatic nitrogens is 2. The van der Waals surface area contributed by atoms with Crippen molar-refractivity contribution in [3.05, 3.63) is 70.0 Å². The van der Waals surface area contributed by atoms with E-state index < -0.39 is 23.0 Å². The van der Waals surface area contributed by atoms with Crippen LogP contribution in [0.5, 0.6) is 0 Å². The molecule has 2 aromatic carbocycles. The van der Waals surface area contributed by atoms with Gasteiger partial charge in [0.2, 0.25) is 5.43 Å². The van der Waals surface area contributed by atoms with E-state index in [0.29, 0.717) is 12.1 Å². The summed E-state index contributed by atoms with van der Waals surface area (Å²) in [6, 6.07) is 9.01. The molecule has 3 aromatic rings. The Bertz CT molecular complexity index is 999. The lowest BCUT2D eigenvalue weighted by molar-refractivity contribution is 0.101. The zero-order valence-corrected chi connectivity index (χ0v) is 12.7. The SMILES string of the molecule is CCn1nc(C(=O)Nc2cccc(F)c2)c(=O)c2cc(F)ccc21. The molecule has 0 aliphatic rings. The van der Waals surface area contributed by atoms with Crippen molar-refractivity contribution in [3.63, 3.8) is 0 Å². The average Bonchev–Trinajstić information content (AvgIpc) is 2.55. The molecule has 0 spiro atoms. The van der Waals surface area contributed by atoms with Crippen LogP contribution >= 0.6 is 0 Å². The summed E-state index contributed by atoms with van der Waals surface area (Å²) in [6.07, 6.45) is 0. The highest BCUT2D eigenvalue weighted by Crippen LogP contribution is 2.14. The van der Waals surface area contributed by atoms with E-state index in [-0.39, 0.29) is 16.8 Å². The zero-order valence-electron chi connectivity index (χ0n) is 12.7. The number of nitrogens with one attached hydrogen (secondary N) is 1. The molecule has 7 heteroatoms. The van der Waals surface area contributed by atoms with E-state index in [0.717, 1.165) is 12.1 Å². The molecule has 1 N–H and O–H groups in total. The second-order valence-corrected chi connectivity index (χ2v) is 5.12. The third kappa shape index (κ3) is 2.88. The minimum atomic E-state index is -0.779. The van der Waals surface area contributed by atoms with Crippen LogP contribution < -0.4 is 10.7 Å². The summed E-state index contributed by atoms with van der Waals surface area (Å²) in [6.45, 7) is 2.18. The molecule has 0 saturated carbocycles. The first kappa shape index (κ1) is 15.8. The first-order valence-electron chi connectivity index (χ1n) is 7.27. The molecule has 122 valence electrons. The summed E-state index contributed by atoms with van der Waals surface area (Å²) in [5, 5.41) is 6.53. The summed E-state index contributed by atoms with van der Waals surface area (Å²) in [4.78, 5) is 24.8. The molecule has 0 bridgehead atoms. The van der Waals surface area contributed by atoms with Crippen LogP contribution in [0.3, 0.4) is 0 Å². The molecule has 0 radical (unpaired) electrons. The second kappa shape index (κ2) is 6.19. The van der Waals surface area contributed by atoms with Crippen molar-refractivity contribution in [2.45, 2.75) is 13.5 Å². The van der Waals surface area contributed by atoms with Crippen molar-refractivity contribution < 1.29 is 13.6 Å². The normalized spacial score (nSPS) is 10.8. The van der Waals surface area contributed by atoms with Gasteiger partial charge < -0.3 is 5.32 Å². The highest BCUT2D eigenvalue weighted by atomic mass is 19.1. The molecule has 1 aromatic heterocycles. The number of hydrogen-bond acceptors (Lipinski definition) is 3. The third-order valence-corrected chi connectivity index (χ3v) is 3.51. The molecular weight excluding hydrogens is 316 g/mol. The number of carbonyl (C=O) groups is 1. The van der Waals surface area contributed by atoms with E-state index >= 15 is 0 Å². The van der Waals surface area contributed by atoms with Crippen molar-refractivity contribution >= 4 is 22.5 Å². The number of hydrogen-bond donors (Lipinski definition) is 1. The van der Waals surface area contributed by atoms with Gasteiger partial charge in [0.25, 0.3) is 5.91 Å². The quantitative estimate of drug-likeness (QED) is 0.803. The first-order chi connectivity index (χ1) is 11.5. The number of aryl methyl sites for hydroxylation is 1. The molecule has 5 nitrogen and oxygen atoms in total. The number of anilines is 1. The monoisotopic (exact) mass is 329 g/mol. The number of amides is 1. The Balaban J connectivity index is 2.10. The van der Waals surface area contributed by atoms with E-state index in [1.165, 1.54) is 35.0 Å². The molecule has 0 aliphatic carbocycles. The predicted octanol–water partition coefficient (Wildman–Crippen LogP) is 2.95. The molecule has 0 atom stereocenters. The van der Waals surface area contributed by atoms with E-state index in [4.69, 9.17) is 0 Å². The van der Waals surface area contributed by atoms with Crippen LogP contribution in [0.4, 0.5) is 14.5 Å². The van der Waals surface area contributed by atoms with E-state index in [1.807, 2.05) is 0 Å². The summed E-state index contributed by atoms with van der Waals surface area (Å²) < 4.78 is 28.1. The van der Waals surface area contributed by atoms with E-state index in [9.17, 15) is 18.4 Å². The van der Waals surface area contributed by atoms with Crippen molar-refractivity contribution in [1.29, 1.82) is 0 Å². The summed E-state index contributed by atoms with van der Waals surface area (Å²) in [7, 11) is 0. The summed E-state index contributed by atoms with van der Waals surface area (Å²) in [5.41, 5.74) is -0.419. The summed E-state index contributed by atoms with van der Waals surface area (Å²) in [5.74, 6) is -1.88. The molecule has 3 rings (SSSR count). The Kier molecular flexibility index (Phi) is 4.07. The van der Waals surface area contributed by atoms with Gasteiger partial charge in [0.15, 0.2) is 5.69 Å². The Morgan fingerprint density at radius 2 is 1.92 bits per heavy atom. The largest absolute Gasteiger partial charge is 0.320 e. The average molecular weight is 329 g/mol. The number of benzene rings is 2. The Morgan fingerprint density at radius 3 is 2.62 bits per heavy atom. The lowest BCUT2D eigenvalue weighted by atomic mass is 10.2. The van der Waals surface area contributed by atoms with Crippen molar-refractivity contribution in [2.24, 2.45) is 0 Å². The van der Waals surface area contributed by atoms with E-state index in [2.05, 4.69) is 10.4 Å². The standard InChI is InChI=1S/C17H13F2N3O2/c1-2-22-14-7-6-11(19)9-13(14)16(23)15(21-22)17(24)20-12-5-3-4-10(18)8-12/h3-9H,2H2,1H3,(H,20,24). The molecule has 24 heavy (non-hydrogen) atoms. The lowest BCUT2D eigenvalue weighted by Crippen LogP contribution is -2.27. The van der Waals surface area contributed by atoms with Crippen LogP contribution in [0, 0.1) is 11.6 Å². The maximum Gasteiger partial charge on any atom is 0.280 e. The minimum Gasteiger partial charge on any atom is -0.320 e. The predicted molar refractivity (Wildman–Crippen MR) is 86.0 cm³/mol. The highest BCUT2D eigenvalue weighted by molar-refractivity contribution is 6.04. The van der Waals surface area contributed by atoms with Gasteiger partial charge in [0.05, 0.1) is 10.9 Å². The summed E-state index contributed by atoms with van der Waals surface area (Å²) >= 11 is 0. The molecule has 0 unspecified atom stereocenters. The maximum atomic E-state index is 13.5. The molecule has 1 heterocycles. The molecule has 0 fully saturated rings. The molecule has 0 saturated heterocycles. The fourth-order valence-corrected chi connectivity index (χ4v) is 2.41. The number of rotatable bonds is 3. The smallest absolute Gasteiger partial charge is 0.280 e. The first-order valence-corrected chi connectivity index (χ1v) is 7.27. The van der Waals surface area contributed by atoms with Crippen LogP contribution in [0.15, 0.2) is 47.3 Å². The molecule has 1 amide bonds. The van der Waals surface area contributed by atoms with Gasteiger partial charge in [0.1, 0.15) is 11.6 Å². The Labute approximate surface area is 135 Å². The van der Waals surface area contributed by atoms with Gasteiger partial charge >= 0.3 is 0 Å². The highest BCUT2D eigenvalue weighted by Gasteiger charge is 2.18. The fourth-order valence-electron chi connectivity index (χ4n) is 2.41. The van der Waals surface area contributed by atoms with Gasteiger partial charge in [-0.05, 0) is 43.3 Å². The van der Waals surface area contributed by atoms with Crippen molar-refractivity contribution in [3.8, 4) is 0 Å². The van der Waals surface area contributed by atoms with Crippen LogP contribution in [-0.4, -0.2) is 15.7 Å². The number of nitrogens with zero attached hydrogens (tertiary/aromatic N) is 2. The van der Waals surface area contributed by atoms with Crippen LogP contribution in [0.1, 0.15) is 17.4 Å².